The molecular formula is C16H20. The Morgan fingerprint density at radius 2 is 0.750 bits per heavy atom. The maximum Gasteiger partial charge on any atom is -0.0196 e. The summed E-state index contributed by atoms with van der Waals surface area (Å²) < 4.78 is 0. The van der Waals surface area contributed by atoms with Crippen molar-refractivity contribution in [3.05, 3.63) is 24.3 Å². The lowest BCUT2D eigenvalue weighted by atomic mass is 9.62. The number of fused-ring (bicyclic) bond motifs is 10. The molecule has 4 bridgehead atoms. The van der Waals surface area contributed by atoms with E-state index in [9.17, 15) is 0 Å². The molecule has 5 aliphatic carbocycles. The molecule has 3 saturated carbocycles. The largest absolute Gasteiger partial charge is 0.0848 e. The molecule has 8 atom stereocenters. The first-order chi connectivity index (χ1) is 7.90. The van der Waals surface area contributed by atoms with Gasteiger partial charge in [-0.3, -0.25) is 0 Å². The summed E-state index contributed by atoms with van der Waals surface area (Å²) in [6.07, 6.45) is 16.4. The highest BCUT2D eigenvalue weighted by atomic mass is 14.6. The van der Waals surface area contributed by atoms with E-state index in [4.69, 9.17) is 0 Å². The Hall–Kier alpha value is -0.520. The van der Waals surface area contributed by atoms with E-state index < -0.39 is 0 Å². The lowest BCUT2D eigenvalue weighted by Crippen LogP contribution is -2.35. The summed E-state index contributed by atoms with van der Waals surface area (Å²) in [4.78, 5) is 0. The summed E-state index contributed by atoms with van der Waals surface area (Å²) in [5.41, 5.74) is 0. The highest BCUT2D eigenvalue weighted by Gasteiger charge is 2.55. The first-order valence-corrected chi connectivity index (χ1v) is 7.27. The van der Waals surface area contributed by atoms with Gasteiger partial charge >= 0.3 is 0 Å². The Labute approximate surface area is 97.8 Å². The Kier molecular flexibility index (Phi) is 1.42. The molecule has 4 unspecified atom stereocenters. The zero-order valence-electron chi connectivity index (χ0n) is 9.76. The number of rotatable bonds is 0. The number of hydrogen-bond acceptors (Lipinski definition) is 0. The van der Waals surface area contributed by atoms with E-state index in [-0.39, 0.29) is 0 Å². The number of allylic oxidation sites excluding steroid dienone is 4. The van der Waals surface area contributed by atoms with Gasteiger partial charge in [0.1, 0.15) is 0 Å². The van der Waals surface area contributed by atoms with Crippen LogP contribution in [0.1, 0.15) is 25.7 Å². The Morgan fingerprint density at radius 1 is 0.438 bits per heavy atom. The zero-order chi connectivity index (χ0) is 10.3. The number of hydrogen-bond donors (Lipinski definition) is 0. The molecule has 0 nitrogen and oxygen atoms in total. The third-order valence-electron chi connectivity index (χ3n) is 6.69. The van der Waals surface area contributed by atoms with Crippen molar-refractivity contribution in [3.63, 3.8) is 0 Å². The molecule has 5 aliphatic rings. The molecular weight excluding hydrogens is 192 g/mol. The van der Waals surface area contributed by atoms with Crippen molar-refractivity contribution in [2.24, 2.45) is 47.3 Å². The van der Waals surface area contributed by atoms with Crippen molar-refractivity contribution in [2.75, 3.05) is 0 Å². The van der Waals surface area contributed by atoms with Gasteiger partial charge in [0, 0.05) is 0 Å². The third-order valence-corrected chi connectivity index (χ3v) is 6.69. The molecule has 0 aromatic carbocycles. The minimum absolute atomic E-state index is 0.985. The van der Waals surface area contributed by atoms with Crippen molar-refractivity contribution in [3.8, 4) is 0 Å². The molecule has 0 N–H and O–H groups in total. The Balaban J connectivity index is 1.52. The van der Waals surface area contributed by atoms with Crippen molar-refractivity contribution in [2.45, 2.75) is 25.7 Å². The van der Waals surface area contributed by atoms with Crippen molar-refractivity contribution >= 4 is 0 Å². The van der Waals surface area contributed by atoms with E-state index in [1.165, 1.54) is 12.8 Å². The predicted molar refractivity (Wildman–Crippen MR) is 64.7 cm³/mol. The van der Waals surface area contributed by atoms with Crippen LogP contribution in [0.15, 0.2) is 24.3 Å². The fraction of sp³-hybridized carbons (Fsp3) is 0.750. The van der Waals surface area contributed by atoms with Crippen LogP contribution in [0.5, 0.6) is 0 Å². The molecule has 0 aliphatic heterocycles. The van der Waals surface area contributed by atoms with Gasteiger partial charge in [-0.2, -0.15) is 0 Å². The van der Waals surface area contributed by atoms with E-state index >= 15 is 0 Å². The fourth-order valence-corrected chi connectivity index (χ4v) is 6.08. The van der Waals surface area contributed by atoms with Gasteiger partial charge < -0.3 is 0 Å². The first-order valence-electron chi connectivity index (χ1n) is 7.27. The zero-order valence-corrected chi connectivity index (χ0v) is 9.76. The van der Waals surface area contributed by atoms with E-state index in [2.05, 4.69) is 24.3 Å². The molecule has 0 aromatic heterocycles. The van der Waals surface area contributed by atoms with E-state index in [0.29, 0.717) is 0 Å². The van der Waals surface area contributed by atoms with Gasteiger partial charge in [-0.1, -0.05) is 24.3 Å². The third kappa shape index (κ3) is 0.858. The highest BCUT2D eigenvalue weighted by molar-refractivity contribution is 5.20. The van der Waals surface area contributed by atoms with Crippen LogP contribution in [0.4, 0.5) is 0 Å². The Morgan fingerprint density at radius 3 is 1.06 bits per heavy atom. The summed E-state index contributed by atoms with van der Waals surface area (Å²) in [7, 11) is 0. The normalized spacial score (nSPS) is 64.0. The van der Waals surface area contributed by atoms with E-state index in [0.717, 1.165) is 47.3 Å². The molecule has 0 radical (unpaired) electrons. The van der Waals surface area contributed by atoms with Crippen LogP contribution in [0.25, 0.3) is 0 Å². The van der Waals surface area contributed by atoms with E-state index in [1.54, 1.807) is 12.8 Å². The molecule has 16 heavy (non-hydrogen) atoms. The highest BCUT2D eigenvalue weighted by Crippen LogP contribution is 2.63. The smallest absolute Gasteiger partial charge is 0.0196 e. The first kappa shape index (κ1) is 8.55. The average molecular weight is 212 g/mol. The molecule has 0 saturated heterocycles. The van der Waals surface area contributed by atoms with Gasteiger partial charge in [-0.25, -0.2) is 0 Å². The minimum atomic E-state index is 0.985. The van der Waals surface area contributed by atoms with Crippen molar-refractivity contribution < 1.29 is 0 Å². The molecule has 0 amide bonds. The second kappa shape index (κ2) is 2.66. The molecule has 0 heterocycles. The summed E-state index contributed by atoms with van der Waals surface area (Å²) in [6, 6.07) is 0. The average Bonchev–Trinajstić information content (AvgIpc) is 3.07. The van der Waals surface area contributed by atoms with Crippen LogP contribution in [-0.2, 0) is 0 Å². The van der Waals surface area contributed by atoms with Gasteiger partial charge in [0.15, 0.2) is 0 Å². The predicted octanol–water partition coefficient (Wildman–Crippen LogP) is 3.66. The molecule has 5 rings (SSSR count). The minimum Gasteiger partial charge on any atom is -0.0848 e. The maximum atomic E-state index is 2.55. The fourth-order valence-electron chi connectivity index (χ4n) is 6.08. The van der Waals surface area contributed by atoms with Crippen LogP contribution >= 0.6 is 0 Å². The molecule has 0 spiro atoms. The van der Waals surface area contributed by atoms with Gasteiger partial charge in [0.2, 0.25) is 0 Å². The monoisotopic (exact) mass is 212 g/mol. The van der Waals surface area contributed by atoms with Crippen LogP contribution in [0.3, 0.4) is 0 Å². The quantitative estimate of drug-likeness (QED) is 0.538. The molecule has 0 heteroatoms. The Bertz CT molecular complexity index is 321. The van der Waals surface area contributed by atoms with Gasteiger partial charge in [-0.15, -0.1) is 0 Å². The molecule has 3 fully saturated rings. The second-order valence-electron chi connectivity index (χ2n) is 7.02. The second-order valence-corrected chi connectivity index (χ2v) is 7.02. The van der Waals surface area contributed by atoms with Crippen LogP contribution in [0.2, 0.25) is 0 Å². The van der Waals surface area contributed by atoms with Gasteiger partial charge in [0.25, 0.3) is 0 Å². The van der Waals surface area contributed by atoms with E-state index in [1.807, 2.05) is 0 Å². The van der Waals surface area contributed by atoms with Crippen LogP contribution in [-0.4, -0.2) is 0 Å². The summed E-state index contributed by atoms with van der Waals surface area (Å²) in [6.45, 7) is 0. The van der Waals surface area contributed by atoms with Gasteiger partial charge in [0.05, 0.1) is 0 Å². The van der Waals surface area contributed by atoms with Gasteiger partial charge in [-0.05, 0) is 73.0 Å². The van der Waals surface area contributed by atoms with Crippen molar-refractivity contribution in [1.82, 2.24) is 0 Å². The lowest BCUT2D eigenvalue weighted by molar-refractivity contribution is 0.0961. The standard InChI is InChI=1S/C16H20/c1-2-10-5-9(1)13-7-15-11-3-4-12(6-11)16(15)8-14(10)13/h1-4,9-16H,5-8H2/t9-,10+,11+,12-,13?,14?,15?,16?. The summed E-state index contributed by atoms with van der Waals surface area (Å²) in [5, 5.41) is 0. The summed E-state index contributed by atoms with van der Waals surface area (Å²) in [5.74, 6) is 8.29. The molecule has 0 aromatic rings. The van der Waals surface area contributed by atoms with Crippen molar-refractivity contribution in [1.29, 1.82) is 0 Å². The van der Waals surface area contributed by atoms with Crippen LogP contribution < -0.4 is 0 Å². The summed E-state index contributed by atoms with van der Waals surface area (Å²) >= 11 is 0. The maximum absolute atomic E-state index is 2.55. The lowest BCUT2D eigenvalue weighted by Gasteiger charge is -2.43. The molecule has 84 valence electrons. The SMILES string of the molecule is C1=C[C@H]2C[C@@H]1C1CC3C(CC12)[C@@H]1C=C[C@H]3C1. The van der Waals surface area contributed by atoms with Crippen LogP contribution in [0, 0.1) is 47.3 Å². The topological polar surface area (TPSA) is 0 Å².